The Balaban J connectivity index is 0.000000202. The van der Waals surface area contributed by atoms with E-state index in [1.165, 1.54) is 0 Å². The van der Waals surface area contributed by atoms with Gasteiger partial charge in [-0.3, -0.25) is 8.74 Å². The van der Waals surface area contributed by atoms with Crippen molar-refractivity contribution in [3.63, 3.8) is 0 Å². The molecule has 0 saturated carbocycles. The average molecular weight is 195 g/mol. The van der Waals surface area contributed by atoms with Crippen LogP contribution in [0.15, 0.2) is 24.6 Å². The maximum absolute atomic E-state index is 9.33. The van der Waals surface area contributed by atoms with Gasteiger partial charge in [0.25, 0.3) is 0 Å². The van der Waals surface area contributed by atoms with E-state index in [-0.39, 0.29) is 0 Å². The minimum absolute atomic E-state index is 0.870. The van der Waals surface area contributed by atoms with Gasteiger partial charge >= 0.3 is 10.4 Å². The van der Waals surface area contributed by atoms with Crippen LogP contribution in [-0.2, 0) is 19.4 Å². The van der Waals surface area contributed by atoms with E-state index in [1.807, 2.05) is 6.08 Å². The molecule has 0 aliphatic carbocycles. The summed E-state index contributed by atoms with van der Waals surface area (Å²) in [5, 5.41) is 0. The fourth-order valence-electron chi connectivity index (χ4n) is 0.258. The normalized spacial score (nSPS) is 13.8. The smallest absolute Gasteiger partial charge is 0.391 e. The van der Waals surface area contributed by atoms with Crippen LogP contribution in [0.3, 0.4) is 0 Å². The summed E-state index contributed by atoms with van der Waals surface area (Å²) in [5.41, 5.74) is 2.52. The molecule has 1 aliphatic heterocycles. The Morgan fingerprint density at radius 3 is 2.17 bits per heavy atom. The van der Waals surface area contributed by atoms with Gasteiger partial charge in [-0.2, -0.15) is 8.42 Å². The molecule has 7 heteroatoms. The molecule has 0 atom stereocenters. The maximum Gasteiger partial charge on any atom is 0.397 e. The molecule has 0 fully saturated rings. The van der Waals surface area contributed by atoms with Gasteiger partial charge in [0.2, 0.25) is 0 Å². The summed E-state index contributed by atoms with van der Waals surface area (Å²) in [6.45, 7) is 0. The molecule has 0 radical (unpaired) electrons. The third-order valence-electron chi connectivity index (χ3n) is 0.701. The van der Waals surface area contributed by atoms with Crippen LogP contribution in [0.25, 0.3) is 0 Å². The summed E-state index contributed by atoms with van der Waals surface area (Å²) in [4.78, 5) is 4.55. The van der Waals surface area contributed by atoms with E-state index in [4.69, 9.17) is 4.55 Å². The second kappa shape index (κ2) is 5.58. The van der Waals surface area contributed by atoms with Crippen molar-refractivity contribution >= 4 is 10.4 Å². The van der Waals surface area contributed by atoms with Gasteiger partial charge in [-0.05, 0) is 12.2 Å². The van der Waals surface area contributed by atoms with Crippen LogP contribution in [0, 0.1) is 0 Å². The molecular weight excluding hydrogens is 186 g/mol. The molecule has 2 N–H and O–H groups in total. The van der Waals surface area contributed by atoms with Gasteiger partial charge in [-0.15, -0.1) is 0 Å². The Bertz CT molecular complexity index is 243. The molecule has 0 amide bonds. The molecule has 12 heavy (non-hydrogen) atoms. The summed E-state index contributed by atoms with van der Waals surface area (Å²) in [6, 6.07) is 0. The highest BCUT2D eigenvalue weighted by molar-refractivity contribution is 7.80. The largest absolute Gasteiger partial charge is 0.397 e. The Kier molecular flexibility index (Phi) is 5.09. The van der Waals surface area contributed by atoms with Gasteiger partial charge in [-0.25, -0.2) is 5.48 Å². The van der Waals surface area contributed by atoms with Gasteiger partial charge in [-0.1, -0.05) is 0 Å². The zero-order valence-corrected chi connectivity index (χ0v) is 7.11. The number of rotatable bonds is 1. The van der Waals surface area contributed by atoms with E-state index >= 15 is 0 Å². The molecular formula is C5H9NO5S. The fraction of sp³-hybridized carbons (Fsp3) is 0.200. The molecule has 0 aromatic carbocycles. The van der Waals surface area contributed by atoms with E-state index in [0.717, 1.165) is 7.11 Å². The lowest BCUT2D eigenvalue weighted by Gasteiger charge is -1.97. The minimum atomic E-state index is -4.16. The summed E-state index contributed by atoms with van der Waals surface area (Å²) < 4.78 is 29.7. The van der Waals surface area contributed by atoms with Gasteiger partial charge < -0.3 is 4.84 Å². The highest BCUT2D eigenvalue weighted by Gasteiger charge is 1.94. The van der Waals surface area contributed by atoms with Gasteiger partial charge in [0, 0.05) is 6.20 Å². The van der Waals surface area contributed by atoms with Crippen LogP contribution < -0.4 is 5.48 Å². The molecule has 6 nitrogen and oxygen atoms in total. The fourth-order valence-corrected chi connectivity index (χ4v) is 0.258. The van der Waals surface area contributed by atoms with Crippen molar-refractivity contribution in [2.75, 3.05) is 7.11 Å². The molecule has 0 aromatic heterocycles. The van der Waals surface area contributed by atoms with Crippen LogP contribution in [0.4, 0.5) is 0 Å². The van der Waals surface area contributed by atoms with E-state index in [9.17, 15) is 8.42 Å². The predicted molar refractivity (Wildman–Crippen MR) is 41.1 cm³/mol. The molecule has 1 heterocycles. The van der Waals surface area contributed by atoms with Gasteiger partial charge in [0.15, 0.2) is 0 Å². The van der Waals surface area contributed by atoms with Crippen molar-refractivity contribution in [2.45, 2.75) is 0 Å². The van der Waals surface area contributed by atoms with Crippen molar-refractivity contribution in [1.29, 1.82) is 0 Å². The van der Waals surface area contributed by atoms with E-state index in [2.05, 4.69) is 14.5 Å². The molecule has 1 aliphatic rings. The van der Waals surface area contributed by atoms with Crippen LogP contribution in [0.5, 0.6) is 0 Å². The van der Waals surface area contributed by atoms with Crippen LogP contribution >= 0.6 is 0 Å². The molecule has 70 valence electrons. The molecule has 0 aromatic rings. The first-order chi connectivity index (χ1) is 5.56. The number of hydroxylamine groups is 1. The predicted octanol–water partition coefficient (Wildman–Crippen LogP) is -0.0158. The second-order valence-electron chi connectivity index (χ2n) is 1.52. The summed E-state index contributed by atoms with van der Waals surface area (Å²) in [7, 11) is -3.29. The topological polar surface area (TPSA) is 84.9 Å². The van der Waals surface area contributed by atoms with E-state index in [1.54, 1.807) is 18.5 Å². The van der Waals surface area contributed by atoms with Gasteiger partial charge in [0.1, 0.15) is 6.26 Å². The Morgan fingerprint density at radius 2 is 2.08 bits per heavy atom. The van der Waals surface area contributed by atoms with Crippen LogP contribution in [-0.4, -0.2) is 20.1 Å². The van der Waals surface area contributed by atoms with Crippen molar-refractivity contribution in [2.24, 2.45) is 0 Å². The average Bonchev–Trinajstić information content (AvgIpc) is 2.07. The van der Waals surface area contributed by atoms with Crippen molar-refractivity contribution in [3.8, 4) is 0 Å². The minimum Gasteiger partial charge on any atom is -0.391 e. The Hall–Kier alpha value is -1.05. The molecule has 0 spiro atoms. The lowest BCUT2D eigenvalue weighted by Crippen LogP contribution is -2.01. The Morgan fingerprint density at radius 1 is 1.50 bits per heavy atom. The first-order valence-electron chi connectivity index (χ1n) is 2.82. The lowest BCUT2D eigenvalue weighted by molar-refractivity contribution is 0.172. The highest BCUT2D eigenvalue weighted by Crippen LogP contribution is 1.80. The van der Waals surface area contributed by atoms with Crippen molar-refractivity contribution in [1.82, 2.24) is 5.48 Å². The zero-order chi connectivity index (χ0) is 9.45. The zero-order valence-electron chi connectivity index (χ0n) is 6.30. The van der Waals surface area contributed by atoms with Gasteiger partial charge in [0.05, 0.1) is 7.11 Å². The number of hydrogen-bond donors (Lipinski definition) is 2. The summed E-state index contributed by atoms with van der Waals surface area (Å²) in [5.74, 6) is 0. The van der Waals surface area contributed by atoms with Crippen molar-refractivity contribution in [3.05, 3.63) is 24.6 Å². The standard InChI is InChI=1S/C4H5NO.CH4O4S/c1-2-4-6-5-3-1;1-5-6(2,3)4/h1-5H;1H3,(H,2,3,4). The SMILES string of the molecule is C1=CNOC=C1.COS(=O)(=O)O. The van der Waals surface area contributed by atoms with E-state index < -0.39 is 10.4 Å². The number of hydrogen-bond acceptors (Lipinski definition) is 5. The second-order valence-corrected chi connectivity index (χ2v) is 2.71. The lowest BCUT2D eigenvalue weighted by atomic mass is 10.6. The quantitative estimate of drug-likeness (QED) is 0.572. The third kappa shape index (κ3) is 8.95. The summed E-state index contributed by atoms with van der Waals surface area (Å²) in [6.07, 6.45) is 6.93. The third-order valence-corrected chi connectivity index (χ3v) is 1.12. The maximum atomic E-state index is 9.33. The monoisotopic (exact) mass is 195 g/mol. The van der Waals surface area contributed by atoms with E-state index in [0.29, 0.717) is 0 Å². The molecule has 0 saturated heterocycles. The highest BCUT2D eigenvalue weighted by atomic mass is 32.3. The molecule has 0 bridgehead atoms. The van der Waals surface area contributed by atoms with Crippen LogP contribution in [0.2, 0.25) is 0 Å². The first kappa shape index (κ1) is 11.0. The van der Waals surface area contributed by atoms with Crippen molar-refractivity contribution < 1.29 is 22.0 Å². The molecule has 0 unspecified atom stereocenters. The first-order valence-corrected chi connectivity index (χ1v) is 4.18. The van der Waals surface area contributed by atoms with Crippen LogP contribution in [0.1, 0.15) is 0 Å². The number of allylic oxidation sites excluding steroid dienone is 2. The Labute approximate surface area is 70.4 Å². The molecule has 1 rings (SSSR count). The number of nitrogens with one attached hydrogen (secondary N) is 1. The summed E-state index contributed by atoms with van der Waals surface area (Å²) >= 11 is 0.